The summed E-state index contributed by atoms with van der Waals surface area (Å²) in [5.74, 6) is 2.95. The molecule has 0 atom stereocenters. The number of aromatic amines is 1. The van der Waals surface area contributed by atoms with Crippen molar-refractivity contribution in [3.63, 3.8) is 0 Å². The van der Waals surface area contributed by atoms with E-state index in [4.69, 9.17) is 9.26 Å². The molecule has 0 unspecified atom stereocenters. The van der Waals surface area contributed by atoms with Crippen molar-refractivity contribution in [3.8, 4) is 5.88 Å². The van der Waals surface area contributed by atoms with E-state index in [2.05, 4.69) is 36.0 Å². The van der Waals surface area contributed by atoms with E-state index in [1.165, 1.54) is 0 Å². The van der Waals surface area contributed by atoms with Crippen molar-refractivity contribution in [2.24, 2.45) is 0 Å². The Kier molecular flexibility index (Phi) is 5.14. The summed E-state index contributed by atoms with van der Waals surface area (Å²) < 4.78 is 10.9. The van der Waals surface area contributed by atoms with Gasteiger partial charge >= 0.3 is 0 Å². The van der Waals surface area contributed by atoms with Crippen LogP contribution in [0.1, 0.15) is 17.0 Å². The molecule has 0 fully saturated rings. The Hall–Kier alpha value is -3.88. The maximum absolute atomic E-state index is 5.70. The molecule has 3 aromatic heterocycles. The first-order chi connectivity index (χ1) is 13.7. The number of hydrogen-bond acceptors (Lipinski definition) is 8. The molecule has 0 amide bonds. The quantitative estimate of drug-likeness (QED) is 0.428. The van der Waals surface area contributed by atoms with Gasteiger partial charge in [-0.2, -0.15) is 10.1 Å². The van der Waals surface area contributed by atoms with E-state index in [9.17, 15) is 0 Å². The van der Waals surface area contributed by atoms with Crippen LogP contribution in [-0.2, 0) is 13.2 Å². The van der Waals surface area contributed by atoms with Crippen LogP contribution in [0.3, 0.4) is 0 Å². The SMILES string of the molecule is Cc1cc(CNc2nccc(Nc3cc(OCc4ccccc4)[nH]n3)n2)on1. The molecule has 0 radical (unpaired) electrons. The number of hydrogen-bond donors (Lipinski definition) is 3. The van der Waals surface area contributed by atoms with Gasteiger partial charge in [-0.1, -0.05) is 35.5 Å². The number of nitrogens with zero attached hydrogens (tertiary/aromatic N) is 4. The molecular weight excluding hydrogens is 358 g/mol. The maximum Gasteiger partial charge on any atom is 0.224 e. The van der Waals surface area contributed by atoms with E-state index in [1.807, 2.05) is 43.3 Å². The zero-order valence-corrected chi connectivity index (χ0v) is 15.2. The first kappa shape index (κ1) is 17.5. The average Bonchev–Trinajstić information content (AvgIpc) is 3.34. The fourth-order valence-corrected chi connectivity index (χ4v) is 2.49. The van der Waals surface area contributed by atoms with Crippen LogP contribution in [0.4, 0.5) is 17.6 Å². The third-order valence-electron chi connectivity index (χ3n) is 3.80. The van der Waals surface area contributed by atoms with Crippen LogP contribution < -0.4 is 15.4 Å². The predicted octanol–water partition coefficient (Wildman–Crippen LogP) is 3.43. The highest BCUT2D eigenvalue weighted by atomic mass is 16.5. The highest BCUT2D eigenvalue weighted by molar-refractivity contribution is 5.53. The van der Waals surface area contributed by atoms with Crippen molar-refractivity contribution in [2.45, 2.75) is 20.1 Å². The zero-order valence-electron chi connectivity index (χ0n) is 15.2. The Labute approximate surface area is 161 Å². The monoisotopic (exact) mass is 377 g/mol. The Morgan fingerprint density at radius 2 is 2.00 bits per heavy atom. The second-order valence-electron chi connectivity index (χ2n) is 6.07. The maximum atomic E-state index is 5.70. The number of aromatic nitrogens is 5. The minimum absolute atomic E-state index is 0.449. The molecule has 0 bridgehead atoms. The van der Waals surface area contributed by atoms with Gasteiger partial charge in [-0.3, -0.25) is 0 Å². The fourth-order valence-electron chi connectivity index (χ4n) is 2.49. The first-order valence-electron chi connectivity index (χ1n) is 8.73. The van der Waals surface area contributed by atoms with Crippen LogP contribution in [0.25, 0.3) is 0 Å². The molecule has 142 valence electrons. The Balaban J connectivity index is 1.33. The molecule has 0 saturated carbocycles. The molecule has 4 aromatic rings. The molecule has 0 aliphatic heterocycles. The van der Waals surface area contributed by atoms with E-state index in [0.29, 0.717) is 42.4 Å². The lowest BCUT2D eigenvalue weighted by molar-refractivity contribution is 0.293. The second kappa shape index (κ2) is 8.21. The van der Waals surface area contributed by atoms with Crippen molar-refractivity contribution in [3.05, 3.63) is 71.7 Å². The molecule has 9 nitrogen and oxygen atoms in total. The number of rotatable bonds is 8. The van der Waals surface area contributed by atoms with Crippen molar-refractivity contribution in [2.75, 3.05) is 10.6 Å². The lowest BCUT2D eigenvalue weighted by atomic mass is 10.2. The standard InChI is InChI=1S/C19H19N7O2/c1-13-9-15(28-26-13)11-21-19-20-8-7-16(23-19)22-17-10-18(25-24-17)27-12-14-5-3-2-4-6-14/h2-10H,11-12H2,1H3,(H3,20,21,22,23,24,25). The molecular formula is C19H19N7O2. The summed E-state index contributed by atoms with van der Waals surface area (Å²) in [5.41, 5.74) is 1.91. The summed E-state index contributed by atoms with van der Waals surface area (Å²) in [5, 5.41) is 17.1. The van der Waals surface area contributed by atoms with Crippen LogP contribution in [0.5, 0.6) is 5.88 Å². The van der Waals surface area contributed by atoms with Gasteiger partial charge in [-0.05, 0) is 18.6 Å². The third-order valence-corrected chi connectivity index (χ3v) is 3.80. The van der Waals surface area contributed by atoms with Gasteiger partial charge in [0.1, 0.15) is 12.4 Å². The largest absolute Gasteiger partial charge is 0.473 e. The summed E-state index contributed by atoms with van der Waals surface area (Å²) >= 11 is 0. The van der Waals surface area contributed by atoms with Gasteiger partial charge in [-0.15, -0.1) is 0 Å². The predicted molar refractivity (Wildman–Crippen MR) is 103 cm³/mol. The molecule has 0 aliphatic carbocycles. The summed E-state index contributed by atoms with van der Waals surface area (Å²) in [6, 6.07) is 15.3. The minimum atomic E-state index is 0.449. The van der Waals surface area contributed by atoms with Gasteiger partial charge in [0, 0.05) is 18.3 Å². The van der Waals surface area contributed by atoms with E-state index in [0.717, 1.165) is 11.3 Å². The fraction of sp³-hybridized carbons (Fsp3) is 0.158. The number of nitrogens with one attached hydrogen (secondary N) is 3. The van der Waals surface area contributed by atoms with Crippen molar-refractivity contribution >= 4 is 17.6 Å². The van der Waals surface area contributed by atoms with Crippen molar-refractivity contribution in [1.82, 2.24) is 25.3 Å². The molecule has 0 saturated heterocycles. The van der Waals surface area contributed by atoms with E-state index in [-0.39, 0.29) is 0 Å². The summed E-state index contributed by atoms with van der Waals surface area (Å²) in [4.78, 5) is 8.60. The lowest BCUT2D eigenvalue weighted by Gasteiger charge is -2.05. The molecule has 4 rings (SSSR count). The summed E-state index contributed by atoms with van der Waals surface area (Å²) in [6.45, 7) is 2.78. The Morgan fingerprint density at radius 1 is 1.11 bits per heavy atom. The summed E-state index contributed by atoms with van der Waals surface area (Å²) in [6.07, 6.45) is 1.66. The van der Waals surface area contributed by atoms with Crippen LogP contribution >= 0.6 is 0 Å². The Morgan fingerprint density at radius 3 is 2.82 bits per heavy atom. The average molecular weight is 377 g/mol. The molecule has 3 heterocycles. The molecule has 1 aromatic carbocycles. The van der Waals surface area contributed by atoms with Crippen LogP contribution in [0.2, 0.25) is 0 Å². The van der Waals surface area contributed by atoms with Crippen LogP contribution in [-0.4, -0.2) is 25.3 Å². The van der Waals surface area contributed by atoms with Crippen LogP contribution in [0, 0.1) is 6.92 Å². The number of ether oxygens (including phenoxy) is 1. The topological polar surface area (TPSA) is 114 Å². The minimum Gasteiger partial charge on any atom is -0.473 e. The molecule has 9 heteroatoms. The first-order valence-corrected chi connectivity index (χ1v) is 8.73. The van der Waals surface area contributed by atoms with Gasteiger partial charge in [-0.25, -0.2) is 10.1 Å². The van der Waals surface area contributed by atoms with Crippen molar-refractivity contribution < 1.29 is 9.26 Å². The number of H-pyrrole nitrogens is 1. The molecule has 28 heavy (non-hydrogen) atoms. The van der Waals surface area contributed by atoms with Crippen LogP contribution in [0.15, 0.2) is 59.3 Å². The number of benzene rings is 1. The van der Waals surface area contributed by atoms with E-state index < -0.39 is 0 Å². The zero-order chi connectivity index (χ0) is 19.2. The smallest absolute Gasteiger partial charge is 0.224 e. The molecule has 3 N–H and O–H groups in total. The highest BCUT2D eigenvalue weighted by Gasteiger charge is 2.06. The van der Waals surface area contributed by atoms with E-state index >= 15 is 0 Å². The second-order valence-corrected chi connectivity index (χ2v) is 6.07. The van der Waals surface area contributed by atoms with Gasteiger partial charge in [0.2, 0.25) is 11.8 Å². The van der Waals surface area contributed by atoms with Gasteiger partial charge < -0.3 is 19.9 Å². The highest BCUT2D eigenvalue weighted by Crippen LogP contribution is 2.18. The summed E-state index contributed by atoms with van der Waals surface area (Å²) in [7, 11) is 0. The van der Waals surface area contributed by atoms with Crippen molar-refractivity contribution in [1.29, 1.82) is 0 Å². The molecule has 0 aliphatic rings. The normalized spacial score (nSPS) is 10.6. The Bertz CT molecular complexity index is 1030. The number of aryl methyl sites for hydroxylation is 1. The third kappa shape index (κ3) is 4.64. The van der Waals surface area contributed by atoms with Gasteiger partial charge in [0.25, 0.3) is 0 Å². The lowest BCUT2D eigenvalue weighted by Crippen LogP contribution is -2.04. The van der Waals surface area contributed by atoms with E-state index in [1.54, 1.807) is 18.3 Å². The number of anilines is 3. The molecule has 0 spiro atoms. The van der Waals surface area contributed by atoms with Gasteiger partial charge in [0.15, 0.2) is 11.6 Å². The van der Waals surface area contributed by atoms with Gasteiger partial charge in [0.05, 0.1) is 12.2 Å².